The molecule has 1 aromatic carbocycles. The first-order valence-corrected chi connectivity index (χ1v) is 10.6. The van der Waals surface area contributed by atoms with Gasteiger partial charge >= 0.3 is 0 Å². The molecule has 1 amide bonds. The van der Waals surface area contributed by atoms with Gasteiger partial charge in [-0.25, -0.2) is 4.98 Å². The first-order valence-electron chi connectivity index (χ1n) is 9.40. The second-order valence-electron chi connectivity index (χ2n) is 6.79. The van der Waals surface area contributed by atoms with Crippen molar-refractivity contribution < 1.29 is 13.6 Å². The van der Waals surface area contributed by atoms with E-state index >= 15 is 0 Å². The summed E-state index contributed by atoms with van der Waals surface area (Å²) >= 11 is 7.09. The molecule has 3 heterocycles. The van der Waals surface area contributed by atoms with Crippen molar-refractivity contribution in [1.82, 2.24) is 15.2 Å². The van der Waals surface area contributed by atoms with E-state index in [9.17, 15) is 4.79 Å². The van der Waals surface area contributed by atoms with E-state index in [0.29, 0.717) is 33.2 Å². The lowest BCUT2D eigenvalue weighted by Gasteiger charge is -2.18. The van der Waals surface area contributed by atoms with Gasteiger partial charge in [-0.15, -0.1) is 11.3 Å². The molecule has 3 aromatic heterocycles. The minimum absolute atomic E-state index is 0.206. The molecule has 9 heteroatoms. The number of amidine groups is 1. The van der Waals surface area contributed by atoms with Crippen LogP contribution in [0.3, 0.4) is 0 Å². The average Bonchev–Trinajstić information content (AvgIpc) is 3.54. The Morgan fingerprint density at radius 2 is 2.00 bits per heavy atom. The molecule has 31 heavy (non-hydrogen) atoms. The van der Waals surface area contributed by atoms with Crippen LogP contribution >= 0.6 is 22.9 Å². The summed E-state index contributed by atoms with van der Waals surface area (Å²) in [6.45, 7) is 0.762. The van der Waals surface area contributed by atoms with Gasteiger partial charge in [0.05, 0.1) is 34.3 Å². The Bertz CT molecular complexity index is 1180. The fourth-order valence-corrected chi connectivity index (χ4v) is 3.88. The van der Waals surface area contributed by atoms with Gasteiger partial charge in [0.2, 0.25) is 5.89 Å². The molecule has 0 spiro atoms. The quantitative estimate of drug-likeness (QED) is 0.301. The summed E-state index contributed by atoms with van der Waals surface area (Å²) in [7, 11) is 1.84. The number of hydrogen-bond donors (Lipinski definition) is 2. The Morgan fingerprint density at radius 1 is 1.19 bits per heavy atom. The highest BCUT2D eigenvalue weighted by Gasteiger charge is 2.13. The molecule has 4 rings (SSSR count). The number of amides is 1. The molecular weight excluding hydrogens is 436 g/mol. The van der Waals surface area contributed by atoms with Gasteiger partial charge in [0.25, 0.3) is 5.91 Å². The molecular formula is C22H19ClN4O3S. The van der Waals surface area contributed by atoms with Gasteiger partial charge in [-0.3, -0.25) is 10.2 Å². The SMILES string of the molecule is CN(Cc1ccco1)C(=N)c1ccc(-c2nc(CNC(=O)c3ccc(Cl)s3)co2)cc1. The van der Waals surface area contributed by atoms with Gasteiger partial charge < -0.3 is 19.1 Å². The Balaban J connectivity index is 1.36. The molecule has 0 saturated heterocycles. The highest BCUT2D eigenvalue weighted by molar-refractivity contribution is 7.17. The molecule has 0 atom stereocenters. The van der Waals surface area contributed by atoms with Crippen molar-refractivity contribution in [2.24, 2.45) is 0 Å². The lowest BCUT2D eigenvalue weighted by Crippen LogP contribution is -2.25. The minimum atomic E-state index is -0.206. The largest absolute Gasteiger partial charge is 0.467 e. The van der Waals surface area contributed by atoms with Crippen molar-refractivity contribution in [3.63, 3.8) is 0 Å². The molecule has 158 valence electrons. The molecule has 7 nitrogen and oxygen atoms in total. The van der Waals surface area contributed by atoms with E-state index in [2.05, 4.69) is 10.3 Å². The predicted octanol–water partition coefficient (Wildman–Crippen LogP) is 5.04. The molecule has 0 aliphatic carbocycles. The van der Waals surface area contributed by atoms with E-state index in [-0.39, 0.29) is 12.5 Å². The summed E-state index contributed by atoms with van der Waals surface area (Å²) in [5.41, 5.74) is 2.17. The number of aromatic nitrogens is 1. The number of carbonyl (C=O) groups excluding carboxylic acids is 1. The number of furan rings is 1. The van der Waals surface area contributed by atoms with Crippen LogP contribution in [-0.2, 0) is 13.1 Å². The summed E-state index contributed by atoms with van der Waals surface area (Å²) in [5, 5.41) is 11.2. The van der Waals surface area contributed by atoms with Crippen LogP contribution in [0.4, 0.5) is 0 Å². The third-order valence-corrected chi connectivity index (χ3v) is 5.77. The summed E-state index contributed by atoms with van der Waals surface area (Å²) in [6.07, 6.45) is 3.14. The number of benzene rings is 1. The van der Waals surface area contributed by atoms with Crippen molar-refractivity contribution in [2.45, 2.75) is 13.1 Å². The van der Waals surface area contributed by atoms with Crippen LogP contribution in [0.25, 0.3) is 11.5 Å². The number of carbonyl (C=O) groups is 1. The summed E-state index contributed by atoms with van der Waals surface area (Å²) in [6, 6.07) is 14.5. The Labute approximate surface area is 187 Å². The Kier molecular flexibility index (Phi) is 6.20. The molecule has 0 unspecified atom stereocenters. The third kappa shape index (κ3) is 5.04. The summed E-state index contributed by atoms with van der Waals surface area (Å²) < 4.78 is 11.5. The molecule has 0 radical (unpaired) electrons. The van der Waals surface area contributed by atoms with E-state index in [4.69, 9.17) is 25.8 Å². The van der Waals surface area contributed by atoms with Crippen LogP contribution in [0, 0.1) is 5.41 Å². The highest BCUT2D eigenvalue weighted by Crippen LogP contribution is 2.22. The normalized spacial score (nSPS) is 10.8. The van der Waals surface area contributed by atoms with E-state index in [1.807, 2.05) is 43.4 Å². The van der Waals surface area contributed by atoms with E-state index in [0.717, 1.165) is 16.9 Å². The first kappa shape index (κ1) is 20.9. The zero-order valence-corrected chi connectivity index (χ0v) is 18.2. The van der Waals surface area contributed by atoms with E-state index in [1.165, 1.54) is 17.6 Å². The molecule has 0 fully saturated rings. The van der Waals surface area contributed by atoms with Crippen LogP contribution < -0.4 is 5.32 Å². The Morgan fingerprint density at radius 3 is 2.68 bits per heavy atom. The van der Waals surface area contributed by atoms with Crippen molar-refractivity contribution in [1.29, 1.82) is 5.41 Å². The van der Waals surface area contributed by atoms with Crippen molar-refractivity contribution in [2.75, 3.05) is 7.05 Å². The van der Waals surface area contributed by atoms with Crippen LogP contribution in [0.5, 0.6) is 0 Å². The second-order valence-corrected chi connectivity index (χ2v) is 8.51. The van der Waals surface area contributed by atoms with Crippen molar-refractivity contribution in [3.8, 4) is 11.5 Å². The topological polar surface area (TPSA) is 95.4 Å². The van der Waals surface area contributed by atoms with Gasteiger partial charge in [-0.1, -0.05) is 23.7 Å². The van der Waals surface area contributed by atoms with Gasteiger partial charge in [0.15, 0.2) is 0 Å². The summed E-state index contributed by atoms with van der Waals surface area (Å²) in [4.78, 5) is 18.9. The van der Waals surface area contributed by atoms with E-state index < -0.39 is 0 Å². The van der Waals surface area contributed by atoms with Gasteiger partial charge in [-0.05, 0) is 36.4 Å². The maximum absolute atomic E-state index is 12.1. The van der Waals surface area contributed by atoms with Gasteiger partial charge in [0.1, 0.15) is 17.9 Å². The lowest BCUT2D eigenvalue weighted by atomic mass is 10.1. The van der Waals surface area contributed by atoms with Crippen LogP contribution in [0.1, 0.15) is 26.7 Å². The molecule has 0 aliphatic rings. The number of oxazole rings is 1. The number of halogens is 1. The molecule has 4 aromatic rings. The maximum atomic E-state index is 12.1. The van der Waals surface area contributed by atoms with Crippen LogP contribution in [-0.4, -0.2) is 28.7 Å². The fraction of sp³-hybridized carbons (Fsp3) is 0.136. The van der Waals surface area contributed by atoms with Crippen LogP contribution in [0.15, 0.2) is 69.9 Å². The number of hydrogen-bond acceptors (Lipinski definition) is 6. The molecule has 0 aliphatic heterocycles. The lowest BCUT2D eigenvalue weighted by molar-refractivity contribution is 0.0954. The predicted molar refractivity (Wildman–Crippen MR) is 119 cm³/mol. The molecule has 0 bridgehead atoms. The summed E-state index contributed by atoms with van der Waals surface area (Å²) in [5.74, 6) is 1.42. The third-order valence-electron chi connectivity index (χ3n) is 4.54. The zero-order chi connectivity index (χ0) is 21.8. The van der Waals surface area contributed by atoms with Crippen molar-refractivity contribution in [3.05, 3.63) is 87.3 Å². The van der Waals surface area contributed by atoms with Crippen molar-refractivity contribution >= 4 is 34.7 Å². The van der Waals surface area contributed by atoms with Crippen LogP contribution in [0.2, 0.25) is 4.34 Å². The molecule has 0 saturated carbocycles. The highest BCUT2D eigenvalue weighted by atomic mass is 35.5. The number of nitrogens with zero attached hydrogens (tertiary/aromatic N) is 2. The number of thiophene rings is 1. The number of rotatable bonds is 7. The fourth-order valence-electron chi connectivity index (χ4n) is 2.92. The standard InChI is InChI=1S/C22H19ClN4O3S/c1-27(12-17-3-2-10-29-17)20(24)14-4-6-15(7-5-14)22-26-16(13-30-22)11-25-21(28)18-8-9-19(23)31-18/h2-10,13,24H,11-12H2,1H3,(H,25,28). The zero-order valence-electron chi connectivity index (χ0n) is 16.6. The minimum Gasteiger partial charge on any atom is -0.467 e. The average molecular weight is 455 g/mol. The second kappa shape index (κ2) is 9.20. The van der Waals surface area contributed by atoms with E-state index in [1.54, 1.807) is 23.3 Å². The van der Waals surface area contributed by atoms with Gasteiger partial charge in [-0.2, -0.15) is 0 Å². The monoisotopic (exact) mass is 454 g/mol. The first-order chi connectivity index (χ1) is 15.0. The molecule has 2 N–H and O–H groups in total. The maximum Gasteiger partial charge on any atom is 0.261 e. The Hall–Kier alpha value is -3.36. The number of nitrogens with one attached hydrogen (secondary N) is 2. The smallest absolute Gasteiger partial charge is 0.261 e. The van der Waals surface area contributed by atoms with Gasteiger partial charge in [0, 0.05) is 18.2 Å².